The summed E-state index contributed by atoms with van der Waals surface area (Å²) in [7, 11) is -3.13. The van der Waals surface area contributed by atoms with Gasteiger partial charge in [-0.15, -0.1) is 0 Å². The van der Waals surface area contributed by atoms with Crippen molar-refractivity contribution < 1.29 is 13.2 Å². The van der Waals surface area contributed by atoms with Crippen LogP contribution in [0.4, 0.5) is 5.69 Å². The zero-order valence-electron chi connectivity index (χ0n) is 10.7. The number of rotatable bonds is 6. The van der Waals surface area contributed by atoms with Gasteiger partial charge in [-0.2, -0.15) is 0 Å². The molecule has 0 unspecified atom stereocenters. The van der Waals surface area contributed by atoms with Crippen LogP contribution >= 0.6 is 0 Å². The van der Waals surface area contributed by atoms with Gasteiger partial charge in [0.25, 0.3) is 0 Å². The molecule has 0 amide bonds. The summed E-state index contributed by atoms with van der Waals surface area (Å²) in [5.41, 5.74) is 7.05. The summed E-state index contributed by atoms with van der Waals surface area (Å²) >= 11 is 0. The standard InChI is InChI=1S/C13H19NO3S/c1-10(2)18(16,17)8-7-13(15)9-11-3-5-12(14)6-4-11/h3-6,10H,7-9,14H2,1-2H3. The highest BCUT2D eigenvalue weighted by Crippen LogP contribution is 2.09. The van der Waals surface area contributed by atoms with E-state index in [0.29, 0.717) is 5.69 Å². The fraction of sp³-hybridized carbons (Fsp3) is 0.462. The zero-order chi connectivity index (χ0) is 13.8. The number of nitrogen functional groups attached to an aromatic ring is 1. The van der Waals surface area contributed by atoms with Crippen LogP contribution in [0, 0.1) is 0 Å². The largest absolute Gasteiger partial charge is 0.399 e. The zero-order valence-corrected chi connectivity index (χ0v) is 11.5. The first-order valence-corrected chi connectivity index (χ1v) is 7.60. The number of hydrogen-bond acceptors (Lipinski definition) is 4. The van der Waals surface area contributed by atoms with Gasteiger partial charge in [0, 0.05) is 18.5 Å². The van der Waals surface area contributed by atoms with Crippen molar-refractivity contribution in [1.82, 2.24) is 0 Å². The van der Waals surface area contributed by atoms with Gasteiger partial charge in [-0.3, -0.25) is 4.79 Å². The molecule has 1 aromatic rings. The first-order chi connectivity index (χ1) is 8.31. The van der Waals surface area contributed by atoms with Crippen LogP contribution in [0.3, 0.4) is 0 Å². The Bertz CT molecular complexity index is 504. The Labute approximate surface area is 108 Å². The molecule has 0 heterocycles. The highest BCUT2D eigenvalue weighted by molar-refractivity contribution is 7.91. The van der Waals surface area contributed by atoms with E-state index in [-0.39, 0.29) is 24.4 Å². The molecule has 0 fully saturated rings. The van der Waals surface area contributed by atoms with Crippen LogP contribution in [-0.4, -0.2) is 25.2 Å². The van der Waals surface area contributed by atoms with Crippen LogP contribution in [0.1, 0.15) is 25.8 Å². The van der Waals surface area contributed by atoms with E-state index >= 15 is 0 Å². The van der Waals surface area contributed by atoms with Gasteiger partial charge >= 0.3 is 0 Å². The van der Waals surface area contributed by atoms with Crippen LogP contribution in [-0.2, 0) is 21.1 Å². The summed E-state index contributed by atoms with van der Waals surface area (Å²) in [5, 5.41) is -0.429. The molecule has 1 rings (SSSR count). The minimum absolute atomic E-state index is 0.0657. The molecule has 0 saturated heterocycles. The Morgan fingerprint density at radius 2 is 1.78 bits per heavy atom. The number of benzene rings is 1. The number of anilines is 1. The first kappa shape index (κ1) is 14.7. The Morgan fingerprint density at radius 1 is 1.22 bits per heavy atom. The van der Waals surface area contributed by atoms with Gasteiger partial charge in [0.1, 0.15) is 5.78 Å². The molecule has 0 radical (unpaired) electrons. The maximum absolute atomic E-state index is 11.7. The molecule has 0 aliphatic rings. The highest BCUT2D eigenvalue weighted by Gasteiger charge is 2.17. The van der Waals surface area contributed by atoms with Crippen molar-refractivity contribution in [3.8, 4) is 0 Å². The summed E-state index contributed by atoms with van der Waals surface area (Å²) in [4.78, 5) is 11.7. The first-order valence-electron chi connectivity index (χ1n) is 5.89. The van der Waals surface area contributed by atoms with Crippen molar-refractivity contribution in [3.05, 3.63) is 29.8 Å². The fourth-order valence-corrected chi connectivity index (χ4v) is 2.43. The summed E-state index contributed by atoms with van der Waals surface area (Å²) in [6.07, 6.45) is 0.332. The lowest BCUT2D eigenvalue weighted by Crippen LogP contribution is -2.20. The van der Waals surface area contributed by atoms with E-state index in [1.165, 1.54) is 0 Å². The maximum atomic E-state index is 11.7. The van der Waals surface area contributed by atoms with E-state index in [2.05, 4.69) is 0 Å². The number of ketones is 1. The monoisotopic (exact) mass is 269 g/mol. The lowest BCUT2D eigenvalue weighted by molar-refractivity contribution is -0.118. The number of carbonyl (C=O) groups is 1. The SMILES string of the molecule is CC(C)S(=O)(=O)CCC(=O)Cc1ccc(N)cc1. The molecule has 0 saturated carbocycles. The number of Topliss-reactive ketones (excluding diaryl/α,β-unsaturated/α-hetero) is 1. The maximum Gasteiger partial charge on any atom is 0.153 e. The number of sulfone groups is 1. The lowest BCUT2D eigenvalue weighted by Gasteiger charge is -2.07. The average molecular weight is 269 g/mol. The van der Waals surface area contributed by atoms with E-state index in [9.17, 15) is 13.2 Å². The van der Waals surface area contributed by atoms with E-state index in [4.69, 9.17) is 5.73 Å². The van der Waals surface area contributed by atoms with E-state index in [1.807, 2.05) is 0 Å². The van der Waals surface area contributed by atoms with Gasteiger partial charge in [0.05, 0.1) is 11.0 Å². The van der Waals surface area contributed by atoms with Crippen molar-refractivity contribution in [2.75, 3.05) is 11.5 Å². The molecule has 2 N–H and O–H groups in total. The quantitative estimate of drug-likeness (QED) is 0.796. The van der Waals surface area contributed by atoms with E-state index in [0.717, 1.165) is 5.56 Å². The molecule has 0 atom stereocenters. The lowest BCUT2D eigenvalue weighted by atomic mass is 10.1. The fourth-order valence-electron chi connectivity index (χ4n) is 1.44. The van der Waals surface area contributed by atoms with Crippen molar-refractivity contribution in [2.45, 2.75) is 31.9 Å². The Hall–Kier alpha value is -1.36. The van der Waals surface area contributed by atoms with Crippen LogP contribution in [0.15, 0.2) is 24.3 Å². The predicted octanol–water partition coefficient (Wildman–Crippen LogP) is 1.59. The number of hydrogen-bond donors (Lipinski definition) is 1. The Balaban J connectivity index is 2.50. The van der Waals surface area contributed by atoms with Gasteiger partial charge in [-0.25, -0.2) is 8.42 Å². The molecular formula is C13H19NO3S. The summed E-state index contributed by atoms with van der Waals surface area (Å²) in [6.45, 7) is 3.25. The van der Waals surface area contributed by atoms with Crippen molar-refractivity contribution in [2.24, 2.45) is 0 Å². The van der Waals surface area contributed by atoms with E-state index < -0.39 is 15.1 Å². The average Bonchev–Trinajstić information content (AvgIpc) is 2.29. The van der Waals surface area contributed by atoms with Gasteiger partial charge < -0.3 is 5.73 Å². The van der Waals surface area contributed by atoms with Gasteiger partial charge in [-0.05, 0) is 31.5 Å². The van der Waals surface area contributed by atoms with Gasteiger partial charge in [0.2, 0.25) is 0 Å². The predicted molar refractivity (Wildman–Crippen MR) is 73.1 cm³/mol. The molecule has 4 nitrogen and oxygen atoms in total. The molecule has 0 bridgehead atoms. The number of nitrogens with two attached hydrogens (primary N) is 1. The summed E-state index contributed by atoms with van der Waals surface area (Å²) in [5.74, 6) is -0.137. The molecule has 0 aliphatic heterocycles. The second kappa shape index (κ2) is 6.00. The third kappa shape index (κ3) is 4.49. The molecule has 100 valence electrons. The van der Waals surface area contributed by atoms with Crippen molar-refractivity contribution in [1.29, 1.82) is 0 Å². The summed E-state index contributed by atoms with van der Waals surface area (Å²) in [6, 6.07) is 7.02. The molecule has 18 heavy (non-hydrogen) atoms. The van der Waals surface area contributed by atoms with Crippen molar-refractivity contribution >= 4 is 21.3 Å². The van der Waals surface area contributed by atoms with Crippen LogP contribution in [0.2, 0.25) is 0 Å². The summed E-state index contributed by atoms with van der Waals surface area (Å²) < 4.78 is 23.1. The number of carbonyl (C=O) groups excluding carboxylic acids is 1. The smallest absolute Gasteiger partial charge is 0.153 e. The molecule has 5 heteroatoms. The second-order valence-corrected chi connectivity index (χ2v) is 7.30. The van der Waals surface area contributed by atoms with Crippen molar-refractivity contribution in [3.63, 3.8) is 0 Å². The molecule has 0 aromatic heterocycles. The minimum atomic E-state index is -3.13. The topological polar surface area (TPSA) is 77.2 Å². The van der Waals surface area contributed by atoms with Crippen LogP contribution in [0.5, 0.6) is 0 Å². The molecule has 0 spiro atoms. The molecular weight excluding hydrogens is 250 g/mol. The molecule has 0 aliphatic carbocycles. The van der Waals surface area contributed by atoms with Crippen LogP contribution in [0.25, 0.3) is 0 Å². The normalized spacial score (nSPS) is 11.7. The third-order valence-corrected chi connectivity index (χ3v) is 4.97. The van der Waals surface area contributed by atoms with Gasteiger partial charge in [0.15, 0.2) is 9.84 Å². The Morgan fingerprint density at radius 3 is 2.28 bits per heavy atom. The highest BCUT2D eigenvalue weighted by atomic mass is 32.2. The Kier molecular flexibility index (Phi) is 4.90. The van der Waals surface area contributed by atoms with Gasteiger partial charge in [-0.1, -0.05) is 12.1 Å². The molecule has 1 aromatic carbocycles. The minimum Gasteiger partial charge on any atom is -0.399 e. The van der Waals surface area contributed by atoms with E-state index in [1.54, 1.807) is 38.1 Å². The third-order valence-electron chi connectivity index (χ3n) is 2.76. The van der Waals surface area contributed by atoms with Crippen LogP contribution < -0.4 is 5.73 Å². The second-order valence-electron chi connectivity index (χ2n) is 4.62.